The first-order valence-electron chi connectivity index (χ1n) is 8.73. The van der Waals surface area contributed by atoms with E-state index in [2.05, 4.69) is 49.2 Å². The Bertz CT molecular complexity index is 420. The number of nitrogens with zero attached hydrogens (tertiary/aromatic N) is 1. The van der Waals surface area contributed by atoms with Gasteiger partial charge < -0.3 is 10.2 Å². The van der Waals surface area contributed by atoms with Crippen LogP contribution in [0.3, 0.4) is 0 Å². The predicted octanol–water partition coefficient (Wildman–Crippen LogP) is 4.22. The number of hydrogen-bond acceptors (Lipinski definition) is 2. The van der Waals surface area contributed by atoms with E-state index >= 15 is 0 Å². The quantitative estimate of drug-likeness (QED) is 0.843. The number of rotatable bonds is 6. The van der Waals surface area contributed by atoms with Gasteiger partial charge in [-0.2, -0.15) is 0 Å². The van der Waals surface area contributed by atoms with Gasteiger partial charge in [-0.15, -0.1) is 0 Å². The Labute approximate surface area is 130 Å². The Hall–Kier alpha value is -0.860. The molecular formula is C19H32N2. The fourth-order valence-electron chi connectivity index (χ4n) is 3.30. The first kappa shape index (κ1) is 16.5. The van der Waals surface area contributed by atoms with E-state index in [0.29, 0.717) is 6.04 Å². The third-order valence-corrected chi connectivity index (χ3v) is 4.59. The molecule has 1 fully saturated rings. The first-order chi connectivity index (χ1) is 10.2. The minimum absolute atomic E-state index is 0.475. The average molecular weight is 288 g/mol. The zero-order valence-electron chi connectivity index (χ0n) is 14.1. The highest BCUT2D eigenvalue weighted by atomic mass is 15.1. The van der Waals surface area contributed by atoms with Gasteiger partial charge in [0.15, 0.2) is 0 Å². The molecule has 1 atom stereocenters. The van der Waals surface area contributed by atoms with Gasteiger partial charge >= 0.3 is 0 Å². The van der Waals surface area contributed by atoms with Crippen molar-refractivity contribution in [3.05, 3.63) is 34.9 Å². The van der Waals surface area contributed by atoms with Crippen molar-refractivity contribution in [2.75, 3.05) is 26.2 Å². The molecule has 1 aromatic carbocycles. The lowest BCUT2D eigenvalue weighted by Gasteiger charge is -2.28. The summed E-state index contributed by atoms with van der Waals surface area (Å²) in [5.74, 6) is 0. The van der Waals surface area contributed by atoms with Crippen molar-refractivity contribution in [2.45, 2.75) is 58.9 Å². The van der Waals surface area contributed by atoms with Gasteiger partial charge in [0.2, 0.25) is 0 Å². The average Bonchev–Trinajstić information content (AvgIpc) is 2.75. The van der Waals surface area contributed by atoms with E-state index in [1.54, 1.807) is 0 Å². The monoisotopic (exact) mass is 288 g/mol. The second kappa shape index (κ2) is 8.55. The fourth-order valence-corrected chi connectivity index (χ4v) is 3.30. The molecular weight excluding hydrogens is 256 g/mol. The highest BCUT2D eigenvalue weighted by Gasteiger charge is 2.18. The molecule has 0 saturated carbocycles. The minimum Gasteiger partial charge on any atom is -0.309 e. The van der Waals surface area contributed by atoms with E-state index in [4.69, 9.17) is 0 Å². The van der Waals surface area contributed by atoms with E-state index in [1.807, 2.05) is 0 Å². The Kier molecular flexibility index (Phi) is 6.72. The smallest absolute Gasteiger partial charge is 0.0452 e. The van der Waals surface area contributed by atoms with Gasteiger partial charge in [0.1, 0.15) is 0 Å². The van der Waals surface area contributed by atoms with Crippen LogP contribution in [0.5, 0.6) is 0 Å². The summed E-state index contributed by atoms with van der Waals surface area (Å²) < 4.78 is 0. The standard InChI is InChI=1S/C19H32N2/c1-4-11-20-19(15-21-12-7-5-6-8-13-21)18-14-16(2)9-10-17(18)3/h9-10,14,19-20H,4-8,11-13,15H2,1-3H3. The van der Waals surface area contributed by atoms with Crippen molar-refractivity contribution in [1.82, 2.24) is 10.2 Å². The molecule has 1 aliphatic rings. The number of hydrogen-bond donors (Lipinski definition) is 1. The van der Waals surface area contributed by atoms with Crippen LogP contribution in [0.2, 0.25) is 0 Å². The normalized spacial score (nSPS) is 18.4. The van der Waals surface area contributed by atoms with Crippen LogP contribution in [0.25, 0.3) is 0 Å². The molecule has 0 aliphatic carbocycles. The summed E-state index contributed by atoms with van der Waals surface area (Å²) >= 11 is 0. The summed E-state index contributed by atoms with van der Waals surface area (Å²) in [7, 11) is 0. The van der Waals surface area contributed by atoms with Crippen LogP contribution in [0.1, 0.15) is 61.8 Å². The Balaban J connectivity index is 2.10. The van der Waals surface area contributed by atoms with Crippen molar-refractivity contribution in [1.29, 1.82) is 0 Å². The molecule has 1 heterocycles. The lowest BCUT2D eigenvalue weighted by Crippen LogP contribution is -2.36. The number of nitrogens with one attached hydrogen (secondary N) is 1. The van der Waals surface area contributed by atoms with E-state index in [-0.39, 0.29) is 0 Å². The van der Waals surface area contributed by atoms with Gasteiger partial charge in [0, 0.05) is 12.6 Å². The van der Waals surface area contributed by atoms with Gasteiger partial charge in [0.25, 0.3) is 0 Å². The van der Waals surface area contributed by atoms with E-state index < -0.39 is 0 Å². The molecule has 0 spiro atoms. The third kappa shape index (κ3) is 5.12. The van der Waals surface area contributed by atoms with Crippen LogP contribution in [-0.2, 0) is 0 Å². The first-order valence-corrected chi connectivity index (χ1v) is 8.73. The van der Waals surface area contributed by atoms with Gasteiger partial charge in [-0.05, 0) is 63.9 Å². The molecule has 1 aliphatic heterocycles. The van der Waals surface area contributed by atoms with Crippen LogP contribution < -0.4 is 5.32 Å². The SMILES string of the molecule is CCCNC(CN1CCCCCC1)c1cc(C)ccc1C. The van der Waals surface area contributed by atoms with Crippen LogP contribution in [0.15, 0.2) is 18.2 Å². The van der Waals surface area contributed by atoms with Gasteiger partial charge in [0.05, 0.1) is 0 Å². The Morgan fingerprint density at radius 2 is 1.81 bits per heavy atom. The van der Waals surface area contributed by atoms with Gasteiger partial charge in [-0.1, -0.05) is 43.5 Å². The number of benzene rings is 1. The second-order valence-corrected chi connectivity index (χ2v) is 6.58. The zero-order chi connectivity index (χ0) is 15.1. The summed E-state index contributed by atoms with van der Waals surface area (Å²) in [6.45, 7) is 11.5. The topological polar surface area (TPSA) is 15.3 Å². The van der Waals surface area contributed by atoms with Crippen molar-refractivity contribution in [3.8, 4) is 0 Å². The lowest BCUT2D eigenvalue weighted by atomic mass is 9.98. The fraction of sp³-hybridized carbons (Fsp3) is 0.684. The molecule has 0 radical (unpaired) electrons. The highest BCUT2D eigenvalue weighted by Crippen LogP contribution is 2.22. The molecule has 2 rings (SSSR count). The third-order valence-electron chi connectivity index (χ3n) is 4.59. The van der Waals surface area contributed by atoms with Gasteiger partial charge in [-0.25, -0.2) is 0 Å². The van der Waals surface area contributed by atoms with Crippen molar-refractivity contribution < 1.29 is 0 Å². The molecule has 1 saturated heterocycles. The molecule has 21 heavy (non-hydrogen) atoms. The highest BCUT2D eigenvalue weighted by molar-refractivity contribution is 5.33. The summed E-state index contributed by atoms with van der Waals surface area (Å²) in [5, 5.41) is 3.78. The predicted molar refractivity (Wildman–Crippen MR) is 91.9 cm³/mol. The number of aryl methyl sites for hydroxylation is 2. The van der Waals surface area contributed by atoms with Crippen LogP contribution >= 0.6 is 0 Å². The summed E-state index contributed by atoms with van der Waals surface area (Å²) in [6, 6.07) is 7.35. The van der Waals surface area contributed by atoms with Crippen LogP contribution in [-0.4, -0.2) is 31.1 Å². The zero-order valence-corrected chi connectivity index (χ0v) is 14.1. The Morgan fingerprint density at radius 1 is 1.10 bits per heavy atom. The molecule has 2 heteroatoms. The maximum atomic E-state index is 3.78. The molecule has 0 amide bonds. The van der Waals surface area contributed by atoms with E-state index in [0.717, 1.165) is 13.1 Å². The number of likely N-dealkylation sites (tertiary alicyclic amines) is 1. The molecule has 0 aromatic heterocycles. The Morgan fingerprint density at radius 3 is 2.48 bits per heavy atom. The van der Waals surface area contributed by atoms with Gasteiger partial charge in [-0.3, -0.25) is 0 Å². The maximum absolute atomic E-state index is 3.78. The van der Waals surface area contributed by atoms with Crippen LogP contribution in [0.4, 0.5) is 0 Å². The van der Waals surface area contributed by atoms with Crippen molar-refractivity contribution in [3.63, 3.8) is 0 Å². The van der Waals surface area contributed by atoms with Crippen molar-refractivity contribution in [2.24, 2.45) is 0 Å². The largest absolute Gasteiger partial charge is 0.309 e. The summed E-state index contributed by atoms with van der Waals surface area (Å²) in [5.41, 5.74) is 4.28. The lowest BCUT2D eigenvalue weighted by molar-refractivity contribution is 0.251. The molecule has 1 N–H and O–H groups in total. The summed E-state index contributed by atoms with van der Waals surface area (Å²) in [6.07, 6.45) is 6.75. The van der Waals surface area contributed by atoms with Crippen molar-refractivity contribution >= 4 is 0 Å². The molecule has 0 bridgehead atoms. The second-order valence-electron chi connectivity index (χ2n) is 6.58. The van der Waals surface area contributed by atoms with E-state index in [9.17, 15) is 0 Å². The summed E-state index contributed by atoms with van der Waals surface area (Å²) in [4.78, 5) is 2.67. The maximum Gasteiger partial charge on any atom is 0.0452 e. The molecule has 1 unspecified atom stereocenters. The van der Waals surface area contributed by atoms with Crippen LogP contribution in [0, 0.1) is 13.8 Å². The molecule has 118 valence electrons. The van der Waals surface area contributed by atoms with E-state index in [1.165, 1.54) is 61.9 Å². The molecule has 2 nitrogen and oxygen atoms in total. The minimum atomic E-state index is 0.475. The molecule has 1 aromatic rings.